The topological polar surface area (TPSA) is 64.4 Å². The van der Waals surface area contributed by atoms with Crippen LogP contribution in [0.2, 0.25) is 0 Å². The second-order valence-electron chi connectivity index (χ2n) is 5.84. The first-order valence-corrected chi connectivity index (χ1v) is 7.58. The van der Waals surface area contributed by atoms with Gasteiger partial charge in [0, 0.05) is 25.0 Å². The third-order valence-corrected chi connectivity index (χ3v) is 4.02. The largest absolute Gasteiger partial charge is 0.449 e. The number of amides is 1. The minimum atomic E-state index is -0.851. The number of aryl methyl sites for hydroxylation is 1. The highest BCUT2D eigenvalue weighted by atomic mass is 16.5. The molecule has 120 valence electrons. The van der Waals surface area contributed by atoms with Crippen molar-refractivity contribution in [1.82, 2.24) is 9.78 Å². The quantitative estimate of drug-likeness (QED) is 0.812. The molecule has 0 N–H and O–H groups in total. The van der Waals surface area contributed by atoms with E-state index in [1.807, 2.05) is 31.2 Å². The fourth-order valence-corrected chi connectivity index (χ4v) is 2.90. The van der Waals surface area contributed by atoms with Crippen molar-refractivity contribution in [3.05, 3.63) is 47.8 Å². The molecule has 0 saturated carbocycles. The molecule has 6 heteroatoms. The molecule has 0 bridgehead atoms. The highest BCUT2D eigenvalue weighted by molar-refractivity contribution is 6.00. The van der Waals surface area contributed by atoms with E-state index < -0.39 is 12.1 Å². The number of carbonyl (C=O) groups is 2. The van der Waals surface area contributed by atoms with E-state index in [0.29, 0.717) is 5.56 Å². The van der Waals surface area contributed by atoms with Gasteiger partial charge >= 0.3 is 5.97 Å². The molecular formula is C17H19N3O3. The minimum Gasteiger partial charge on any atom is -0.449 e. The number of fused-ring (bicyclic) bond motifs is 1. The lowest BCUT2D eigenvalue weighted by atomic mass is 10.1. The van der Waals surface area contributed by atoms with Gasteiger partial charge in [0.2, 0.25) is 0 Å². The molecule has 1 aliphatic heterocycles. The number of hydrogen-bond donors (Lipinski definition) is 0. The molecule has 3 rings (SSSR count). The van der Waals surface area contributed by atoms with Crippen LogP contribution in [-0.2, 0) is 23.0 Å². The minimum absolute atomic E-state index is 0.0550. The summed E-state index contributed by atoms with van der Waals surface area (Å²) in [5.41, 5.74) is 2.37. The van der Waals surface area contributed by atoms with Gasteiger partial charge < -0.3 is 9.64 Å². The highest BCUT2D eigenvalue weighted by Crippen LogP contribution is 2.32. The van der Waals surface area contributed by atoms with E-state index in [0.717, 1.165) is 17.7 Å². The summed E-state index contributed by atoms with van der Waals surface area (Å²) < 4.78 is 6.82. The van der Waals surface area contributed by atoms with E-state index in [4.69, 9.17) is 4.74 Å². The van der Waals surface area contributed by atoms with Crippen LogP contribution in [0, 0.1) is 0 Å². The van der Waals surface area contributed by atoms with Crippen LogP contribution in [0.1, 0.15) is 29.8 Å². The standard InChI is InChI=1S/C17H19N3O3/c1-11-8-13-6-4-5-7-15(13)20(11)16(21)12(2)23-17(22)14-9-18-19(3)10-14/h4-7,9-12H,8H2,1-3H3/t11-,12+/m0/s1. The Hall–Kier alpha value is -2.63. The van der Waals surface area contributed by atoms with Gasteiger partial charge in [0.15, 0.2) is 6.10 Å². The van der Waals surface area contributed by atoms with Gasteiger partial charge in [0.05, 0.1) is 11.8 Å². The van der Waals surface area contributed by atoms with Crippen LogP contribution in [0.4, 0.5) is 5.69 Å². The Morgan fingerprint density at radius 2 is 2.09 bits per heavy atom. The lowest BCUT2D eigenvalue weighted by Gasteiger charge is -2.25. The van der Waals surface area contributed by atoms with Crippen molar-refractivity contribution in [1.29, 1.82) is 0 Å². The van der Waals surface area contributed by atoms with Crippen LogP contribution < -0.4 is 4.90 Å². The second kappa shape index (κ2) is 5.87. The molecule has 2 heterocycles. The number of nitrogens with zero attached hydrogens (tertiary/aromatic N) is 3. The molecule has 1 aromatic heterocycles. The van der Waals surface area contributed by atoms with Crippen molar-refractivity contribution < 1.29 is 14.3 Å². The Morgan fingerprint density at radius 3 is 2.78 bits per heavy atom. The van der Waals surface area contributed by atoms with Crippen LogP contribution >= 0.6 is 0 Å². The average molecular weight is 313 g/mol. The van der Waals surface area contributed by atoms with Gasteiger partial charge in [0.1, 0.15) is 0 Å². The maximum absolute atomic E-state index is 12.7. The number of benzene rings is 1. The molecular weight excluding hydrogens is 294 g/mol. The van der Waals surface area contributed by atoms with Gasteiger partial charge in [-0.05, 0) is 31.9 Å². The first-order valence-electron chi connectivity index (χ1n) is 7.58. The molecule has 0 aliphatic carbocycles. The summed E-state index contributed by atoms with van der Waals surface area (Å²) in [4.78, 5) is 26.5. The molecule has 23 heavy (non-hydrogen) atoms. The Kier molecular flexibility index (Phi) is 3.90. The molecule has 0 unspecified atom stereocenters. The van der Waals surface area contributed by atoms with Gasteiger partial charge in [-0.15, -0.1) is 0 Å². The maximum Gasteiger partial charge on any atom is 0.342 e. The summed E-state index contributed by atoms with van der Waals surface area (Å²) in [6.45, 7) is 3.60. The Morgan fingerprint density at radius 1 is 1.35 bits per heavy atom. The van der Waals surface area contributed by atoms with Gasteiger partial charge in [0.25, 0.3) is 5.91 Å². The molecule has 1 aromatic carbocycles. The summed E-state index contributed by atoms with van der Waals surface area (Å²) in [7, 11) is 1.72. The molecule has 2 aromatic rings. The van der Waals surface area contributed by atoms with Gasteiger partial charge in [-0.25, -0.2) is 4.79 Å². The number of ether oxygens (including phenoxy) is 1. The zero-order valence-electron chi connectivity index (χ0n) is 13.4. The average Bonchev–Trinajstić information content (AvgIpc) is 3.09. The van der Waals surface area contributed by atoms with E-state index in [2.05, 4.69) is 5.10 Å². The number of rotatable bonds is 3. The monoisotopic (exact) mass is 313 g/mol. The molecule has 6 nitrogen and oxygen atoms in total. The number of aromatic nitrogens is 2. The third-order valence-electron chi connectivity index (χ3n) is 4.02. The number of carbonyl (C=O) groups excluding carboxylic acids is 2. The van der Waals surface area contributed by atoms with Crippen LogP contribution in [0.3, 0.4) is 0 Å². The molecule has 1 amide bonds. The van der Waals surface area contributed by atoms with Crippen molar-refractivity contribution >= 4 is 17.6 Å². The summed E-state index contributed by atoms with van der Waals surface area (Å²) in [5.74, 6) is -0.751. The van der Waals surface area contributed by atoms with Crippen LogP contribution in [-0.4, -0.2) is 33.8 Å². The Balaban J connectivity index is 1.74. The lowest BCUT2D eigenvalue weighted by molar-refractivity contribution is -0.126. The maximum atomic E-state index is 12.7. The fraction of sp³-hybridized carbons (Fsp3) is 0.353. The summed E-state index contributed by atoms with van der Waals surface area (Å²) >= 11 is 0. The van der Waals surface area contributed by atoms with E-state index in [-0.39, 0.29) is 11.9 Å². The van der Waals surface area contributed by atoms with Gasteiger partial charge in [-0.1, -0.05) is 18.2 Å². The second-order valence-corrected chi connectivity index (χ2v) is 5.84. The van der Waals surface area contributed by atoms with Crippen molar-refractivity contribution in [2.45, 2.75) is 32.4 Å². The van der Waals surface area contributed by atoms with E-state index >= 15 is 0 Å². The van der Waals surface area contributed by atoms with E-state index in [9.17, 15) is 9.59 Å². The summed E-state index contributed by atoms with van der Waals surface area (Å²) in [6.07, 6.45) is 2.95. The normalized spacial score (nSPS) is 17.7. The number of para-hydroxylation sites is 1. The molecule has 0 spiro atoms. The van der Waals surface area contributed by atoms with Gasteiger partial charge in [-0.2, -0.15) is 5.10 Å². The lowest BCUT2D eigenvalue weighted by Crippen LogP contribution is -2.43. The smallest absolute Gasteiger partial charge is 0.342 e. The Bertz CT molecular complexity index is 753. The highest BCUT2D eigenvalue weighted by Gasteiger charge is 2.34. The molecule has 0 radical (unpaired) electrons. The fourth-order valence-electron chi connectivity index (χ4n) is 2.90. The molecule has 1 aliphatic rings. The first-order chi connectivity index (χ1) is 11.0. The predicted octanol–water partition coefficient (Wildman–Crippen LogP) is 1.94. The zero-order chi connectivity index (χ0) is 16.6. The van der Waals surface area contributed by atoms with Crippen molar-refractivity contribution in [3.63, 3.8) is 0 Å². The third kappa shape index (κ3) is 2.84. The molecule has 0 fully saturated rings. The van der Waals surface area contributed by atoms with E-state index in [1.165, 1.54) is 10.9 Å². The van der Waals surface area contributed by atoms with E-state index in [1.54, 1.807) is 25.1 Å². The van der Waals surface area contributed by atoms with Crippen LogP contribution in [0.25, 0.3) is 0 Å². The SMILES string of the molecule is C[C@@H](OC(=O)c1cnn(C)c1)C(=O)N1c2ccccc2C[C@@H]1C. The molecule has 0 saturated heterocycles. The Labute approximate surface area is 134 Å². The predicted molar refractivity (Wildman–Crippen MR) is 85.2 cm³/mol. The number of hydrogen-bond acceptors (Lipinski definition) is 4. The zero-order valence-corrected chi connectivity index (χ0v) is 13.4. The van der Waals surface area contributed by atoms with Crippen LogP contribution in [0.5, 0.6) is 0 Å². The van der Waals surface area contributed by atoms with Crippen LogP contribution in [0.15, 0.2) is 36.7 Å². The van der Waals surface area contributed by atoms with Crippen molar-refractivity contribution in [2.75, 3.05) is 4.90 Å². The summed E-state index contributed by atoms with van der Waals surface area (Å²) in [5, 5.41) is 3.93. The summed E-state index contributed by atoms with van der Waals surface area (Å²) in [6, 6.07) is 7.87. The van der Waals surface area contributed by atoms with Crippen molar-refractivity contribution in [3.8, 4) is 0 Å². The number of esters is 1. The number of anilines is 1. The molecule has 2 atom stereocenters. The first kappa shape index (κ1) is 15.3. The van der Waals surface area contributed by atoms with Gasteiger partial charge in [-0.3, -0.25) is 9.48 Å². The van der Waals surface area contributed by atoms with Crippen molar-refractivity contribution in [2.24, 2.45) is 7.05 Å².